The minimum absolute atomic E-state index is 0.0148. The Hall–Kier alpha value is -3.13. The Labute approximate surface area is 167 Å². The first kappa shape index (κ1) is 19.2. The lowest BCUT2D eigenvalue weighted by Gasteiger charge is -2.27. The van der Waals surface area contributed by atoms with Gasteiger partial charge in [0.15, 0.2) is 11.0 Å². The number of benzene rings is 2. The van der Waals surface area contributed by atoms with E-state index in [-0.39, 0.29) is 12.1 Å². The molecule has 2 aromatic rings. The standard InChI is InChI=1S/C21H22N4O4/c22-16(20(26)27)12-13-4-6-14(7-5-13)15-8-9-17(25(28)29)19-18(15)23-21(24-19)10-2-1-3-11-21/h4-9,16H,1-3,10-12,22H2,(H,26,27). The maximum absolute atomic E-state index is 11.5. The predicted molar refractivity (Wildman–Crippen MR) is 106 cm³/mol. The molecule has 1 unspecified atom stereocenters. The number of nitro groups is 1. The molecule has 8 nitrogen and oxygen atoms in total. The first-order valence-corrected chi connectivity index (χ1v) is 9.73. The third-order valence-electron chi connectivity index (χ3n) is 5.66. The molecule has 29 heavy (non-hydrogen) atoms. The van der Waals surface area contributed by atoms with Crippen molar-refractivity contribution < 1.29 is 14.8 Å². The first-order chi connectivity index (χ1) is 13.9. The highest BCUT2D eigenvalue weighted by molar-refractivity contribution is 5.73. The van der Waals surface area contributed by atoms with Gasteiger partial charge in [0.25, 0.3) is 5.69 Å². The minimum atomic E-state index is -1.04. The van der Waals surface area contributed by atoms with Gasteiger partial charge in [-0.05, 0) is 49.3 Å². The molecular weight excluding hydrogens is 372 g/mol. The fourth-order valence-corrected chi connectivity index (χ4v) is 4.12. The number of carboxylic acid groups (broad SMARTS) is 1. The molecule has 1 aliphatic heterocycles. The SMILES string of the molecule is NC(Cc1ccc(-c2ccc([N+](=O)[O-])c3c2=NC2(CCCCC2)N=3)cc1)C(=O)O. The third kappa shape index (κ3) is 3.63. The first-order valence-electron chi connectivity index (χ1n) is 9.73. The summed E-state index contributed by atoms with van der Waals surface area (Å²) in [4.78, 5) is 31.7. The van der Waals surface area contributed by atoms with Crippen LogP contribution in [-0.4, -0.2) is 27.7 Å². The highest BCUT2D eigenvalue weighted by Gasteiger charge is 2.35. The largest absolute Gasteiger partial charge is 0.480 e. The van der Waals surface area contributed by atoms with Crippen LogP contribution >= 0.6 is 0 Å². The van der Waals surface area contributed by atoms with Crippen LogP contribution in [0.15, 0.2) is 46.4 Å². The summed E-state index contributed by atoms with van der Waals surface area (Å²) in [7, 11) is 0. The highest BCUT2D eigenvalue weighted by Crippen LogP contribution is 2.34. The molecule has 1 saturated carbocycles. The molecule has 4 rings (SSSR count). The summed E-state index contributed by atoms with van der Waals surface area (Å²) in [5.74, 6) is -1.04. The number of nitrogens with two attached hydrogens (primary N) is 1. The Bertz CT molecular complexity index is 1090. The lowest BCUT2D eigenvalue weighted by atomic mass is 9.90. The topological polar surface area (TPSA) is 131 Å². The second-order valence-corrected chi connectivity index (χ2v) is 7.70. The van der Waals surface area contributed by atoms with E-state index >= 15 is 0 Å². The summed E-state index contributed by atoms with van der Waals surface area (Å²) in [6, 6.07) is 9.64. The van der Waals surface area contributed by atoms with Gasteiger partial charge in [0.2, 0.25) is 0 Å². The lowest BCUT2D eigenvalue weighted by molar-refractivity contribution is -0.386. The zero-order valence-corrected chi connectivity index (χ0v) is 15.9. The average Bonchev–Trinajstić information content (AvgIpc) is 3.06. The summed E-state index contributed by atoms with van der Waals surface area (Å²) in [5, 5.41) is 21.4. The van der Waals surface area contributed by atoms with Gasteiger partial charge in [-0.25, -0.2) is 4.99 Å². The van der Waals surface area contributed by atoms with E-state index in [9.17, 15) is 14.9 Å². The van der Waals surface area contributed by atoms with E-state index < -0.39 is 22.6 Å². The van der Waals surface area contributed by atoms with Gasteiger partial charge < -0.3 is 10.8 Å². The van der Waals surface area contributed by atoms with Crippen LogP contribution in [0.3, 0.4) is 0 Å². The number of fused-ring (bicyclic) bond motifs is 1. The minimum Gasteiger partial charge on any atom is -0.480 e. The highest BCUT2D eigenvalue weighted by atomic mass is 16.6. The molecule has 8 heteroatoms. The number of aliphatic carboxylic acids is 1. The molecule has 1 heterocycles. The fraction of sp³-hybridized carbons (Fsp3) is 0.381. The third-order valence-corrected chi connectivity index (χ3v) is 5.66. The van der Waals surface area contributed by atoms with Crippen molar-refractivity contribution in [3.8, 4) is 11.1 Å². The molecule has 3 N–H and O–H groups in total. The molecule has 0 bridgehead atoms. The van der Waals surface area contributed by atoms with E-state index in [1.807, 2.05) is 24.3 Å². The summed E-state index contributed by atoms with van der Waals surface area (Å²) in [5.41, 5.74) is 7.48. The van der Waals surface area contributed by atoms with Crippen molar-refractivity contribution in [2.45, 2.75) is 50.2 Å². The number of nitrogens with zero attached hydrogens (tertiary/aromatic N) is 3. The van der Waals surface area contributed by atoms with Gasteiger partial charge in [-0.2, -0.15) is 0 Å². The number of carbonyl (C=O) groups is 1. The maximum Gasteiger partial charge on any atom is 0.320 e. The number of hydrogen-bond donors (Lipinski definition) is 2. The average molecular weight is 394 g/mol. The summed E-state index contributed by atoms with van der Waals surface area (Å²) < 4.78 is 0. The van der Waals surface area contributed by atoms with Crippen LogP contribution in [0.1, 0.15) is 37.7 Å². The van der Waals surface area contributed by atoms with Crippen LogP contribution in [-0.2, 0) is 11.2 Å². The number of hydrogen-bond acceptors (Lipinski definition) is 6. The Morgan fingerprint density at radius 3 is 2.38 bits per heavy atom. The monoisotopic (exact) mass is 394 g/mol. The molecule has 150 valence electrons. The van der Waals surface area contributed by atoms with Crippen molar-refractivity contribution in [1.29, 1.82) is 0 Å². The van der Waals surface area contributed by atoms with Crippen molar-refractivity contribution in [3.63, 3.8) is 0 Å². The molecule has 2 aromatic carbocycles. The van der Waals surface area contributed by atoms with Crippen LogP contribution in [0, 0.1) is 10.1 Å². The molecule has 0 amide bonds. The van der Waals surface area contributed by atoms with Gasteiger partial charge in [0.1, 0.15) is 11.4 Å². The van der Waals surface area contributed by atoms with Crippen LogP contribution in [0.4, 0.5) is 5.69 Å². The van der Waals surface area contributed by atoms with Crippen LogP contribution < -0.4 is 16.4 Å². The molecule has 1 atom stereocenters. The molecular formula is C21H22N4O4. The Kier molecular flexibility index (Phi) is 4.87. The Balaban J connectivity index is 1.77. The van der Waals surface area contributed by atoms with E-state index in [1.54, 1.807) is 6.07 Å². The molecule has 1 fully saturated rings. The molecule has 0 saturated heterocycles. The normalized spacial score (nSPS) is 17.8. The van der Waals surface area contributed by atoms with E-state index in [0.29, 0.717) is 10.7 Å². The Morgan fingerprint density at radius 2 is 1.76 bits per heavy atom. The van der Waals surface area contributed by atoms with E-state index in [1.165, 1.54) is 6.07 Å². The molecule has 0 radical (unpaired) electrons. The van der Waals surface area contributed by atoms with Gasteiger partial charge in [0.05, 0.1) is 4.92 Å². The second kappa shape index (κ2) is 7.36. The maximum atomic E-state index is 11.5. The van der Waals surface area contributed by atoms with E-state index in [0.717, 1.165) is 48.8 Å². The number of rotatable bonds is 5. The van der Waals surface area contributed by atoms with Crippen LogP contribution in [0.2, 0.25) is 0 Å². The van der Waals surface area contributed by atoms with Crippen molar-refractivity contribution in [3.05, 3.63) is 62.8 Å². The summed E-state index contributed by atoms with van der Waals surface area (Å²) >= 11 is 0. The summed E-state index contributed by atoms with van der Waals surface area (Å²) in [6.45, 7) is 0. The molecule has 0 aromatic heterocycles. The number of carboxylic acids is 1. The van der Waals surface area contributed by atoms with Gasteiger partial charge in [-0.1, -0.05) is 30.7 Å². The van der Waals surface area contributed by atoms with Gasteiger partial charge in [0, 0.05) is 11.6 Å². The van der Waals surface area contributed by atoms with Gasteiger partial charge in [-0.3, -0.25) is 19.9 Å². The molecule has 2 aliphatic rings. The van der Waals surface area contributed by atoms with Crippen LogP contribution in [0.25, 0.3) is 11.1 Å². The summed E-state index contributed by atoms with van der Waals surface area (Å²) in [6.07, 6.45) is 5.02. The second-order valence-electron chi connectivity index (χ2n) is 7.70. The predicted octanol–water partition coefficient (Wildman–Crippen LogP) is 2.13. The fourth-order valence-electron chi connectivity index (χ4n) is 4.12. The van der Waals surface area contributed by atoms with Crippen molar-refractivity contribution in [1.82, 2.24) is 0 Å². The molecule has 1 spiro atoms. The van der Waals surface area contributed by atoms with Crippen molar-refractivity contribution >= 4 is 11.7 Å². The number of non-ortho nitro benzene ring substituents is 1. The zero-order chi connectivity index (χ0) is 20.6. The molecule has 1 aliphatic carbocycles. The number of nitro benzene ring substituents is 1. The zero-order valence-electron chi connectivity index (χ0n) is 15.9. The smallest absolute Gasteiger partial charge is 0.320 e. The van der Waals surface area contributed by atoms with E-state index in [2.05, 4.69) is 0 Å². The van der Waals surface area contributed by atoms with Crippen molar-refractivity contribution in [2.75, 3.05) is 0 Å². The van der Waals surface area contributed by atoms with E-state index in [4.69, 9.17) is 20.8 Å². The van der Waals surface area contributed by atoms with Gasteiger partial charge >= 0.3 is 5.97 Å². The van der Waals surface area contributed by atoms with Crippen LogP contribution in [0.5, 0.6) is 0 Å². The van der Waals surface area contributed by atoms with Crippen molar-refractivity contribution in [2.24, 2.45) is 15.7 Å². The van der Waals surface area contributed by atoms with Gasteiger partial charge in [-0.15, -0.1) is 0 Å². The quantitative estimate of drug-likeness (QED) is 0.592. The lowest BCUT2D eigenvalue weighted by Crippen LogP contribution is -2.32. The Morgan fingerprint density at radius 1 is 1.10 bits per heavy atom.